The minimum atomic E-state index is -0.220. The quantitative estimate of drug-likeness (QED) is 0.685. The maximum Gasteiger partial charge on any atom is 0.343 e. The van der Waals surface area contributed by atoms with E-state index in [-0.39, 0.29) is 5.69 Å². The van der Waals surface area contributed by atoms with E-state index >= 15 is 0 Å². The standard InChI is InChI=1S/C7H10N6OS/c1-2-13-6(14)11-12-7(13)15-4-3-9-10-5(4)8/h3H,2H2,1H3,(H,11,14)(H3,8,9,10). The van der Waals surface area contributed by atoms with Gasteiger partial charge in [-0.2, -0.15) is 5.10 Å². The SMILES string of the molecule is CCn1c(Sc2cn[nH]c2N)n[nH]c1=O. The molecular formula is C7H10N6OS. The summed E-state index contributed by atoms with van der Waals surface area (Å²) in [6.07, 6.45) is 1.60. The van der Waals surface area contributed by atoms with Crippen LogP contribution in [0.25, 0.3) is 0 Å². The number of H-pyrrole nitrogens is 2. The fourth-order valence-corrected chi connectivity index (χ4v) is 2.00. The van der Waals surface area contributed by atoms with Crippen molar-refractivity contribution in [1.82, 2.24) is 25.0 Å². The van der Waals surface area contributed by atoms with Crippen molar-refractivity contribution < 1.29 is 0 Å². The first-order valence-corrected chi connectivity index (χ1v) is 5.16. The number of nitrogens with zero attached hydrogens (tertiary/aromatic N) is 3. The first-order valence-electron chi connectivity index (χ1n) is 4.34. The molecule has 15 heavy (non-hydrogen) atoms. The molecule has 0 aliphatic heterocycles. The molecule has 0 saturated carbocycles. The Morgan fingerprint density at radius 2 is 2.40 bits per heavy atom. The van der Waals surface area contributed by atoms with E-state index in [2.05, 4.69) is 20.4 Å². The van der Waals surface area contributed by atoms with Crippen LogP contribution in [0, 0.1) is 0 Å². The Kier molecular flexibility index (Phi) is 2.50. The Labute approximate surface area is 89.1 Å². The molecule has 0 aromatic carbocycles. The highest BCUT2D eigenvalue weighted by Gasteiger charge is 2.11. The number of aromatic amines is 2. The predicted octanol–water partition coefficient (Wildman–Crippen LogP) is 0.0478. The van der Waals surface area contributed by atoms with Gasteiger partial charge in [0.2, 0.25) is 0 Å². The molecule has 0 amide bonds. The zero-order valence-corrected chi connectivity index (χ0v) is 8.84. The Morgan fingerprint density at radius 3 is 3.00 bits per heavy atom. The number of rotatable bonds is 3. The zero-order valence-electron chi connectivity index (χ0n) is 8.02. The maximum atomic E-state index is 11.3. The van der Waals surface area contributed by atoms with E-state index in [1.807, 2.05) is 6.92 Å². The highest BCUT2D eigenvalue weighted by Crippen LogP contribution is 2.27. The van der Waals surface area contributed by atoms with Crippen LogP contribution < -0.4 is 11.4 Å². The summed E-state index contributed by atoms with van der Waals surface area (Å²) in [4.78, 5) is 12.0. The van der Waals surface area contributed by atoms with Crippen LogP contribution in [0.5, 0.6) is 0 Å². The summed E-state index contributed by atoms with van der Waals surface area (Å²) in [6.45, 7) is 2.44. The van der Waals surface area contributed by atoms with Gasteiger partial charge < -0.3 is 5.73 Å². The van der Waals surface area contributed by atoms with E-state index in [0.717, 1.165) is 4.90 Å². The van der Waals surface area contributed by atoms with Gasteiger partial charge in [0.15, 0.2) is 5.16 Å². The minimum absolute atomic E-state index is 0.220. The molecule has 2 rings (SSSR count). The highest BCUT2D eigenvalue weighted by atomic mass is 32.2. The van der Waals surface area contributed by atoms with Crippen molar-refractivity contribution in [3.05, 3.63) is 16.7 Å². The van der Waals surface area contributed by atoms with Crippen LogP contribution in [-0.2, 0) is 6.54 Å². The normalized spacial score (nSPS) is 10.7. The molecule has 2 heterocycles. The van der Waals surface area contributed by atoms with Gasteiger partial charge in [-0.1, -0.05) is 0 Å². The monoisotopic (exact) mass is 226 g/mol. The molecule has 8 heteroatoms. The molecule has 2 aromatic heterocycles. The molecule has 0 atom stereocenters. The van der Waals surface area contributed by atoms with Crippen LogP contribution >= 0.6 is 11.8 Å². The molecule has 0 bridgehead atoms. The number of nitrogens with one attached hydrogen (secondary N) is 2. The second-order valence-corrected chi connectivity index (χ2v) is 3.81. The molecule has 4 N–H and O–H groups in total. The average Bonchev–Trinajstić information content (AvgIpc) is 2.76. The summed E-state index contributed by atoms with van der Waals surface area (Å²) < 4.78 is 1.52. The van der Waals surface area contributed by atoms with Crippen LogP contribution in [0.3, 0.4) is 0 Å². The predicted molar refractivity (Wildman–Crippen MR) is 55.6 cm³/mol. The fraction of sp³-hybridized carbons (Fsp3) is 0.286. The third-order valence-electron chi connectivity index (χ3n) is 1.87. The Balaban J connectivity index is 2.32. The third kappa shape index (κ3) is 1.75. The van der Waals surface area contributed by atoms with Crippen molar-refractivity contribution in [1.29, 1.82) is 0 Å². The molecule has 0 saturated heterocycles. The molecule has 0 fully saturated rings. The van der Waals surface area contributed by atoms with Gasteiger partial charge in [-0.25, -0.2) is 9.89 Å². The number of nitrogens with two attached hydrogens (primary N) is 1. The molecule has 80 valence electrons. The number of hydrogen-bond donors (Lipinski definition) is 3. The summed E-state index contributed by atoms with van der Waals surface area (Å²) in [5, 5.41) is 13.3. The van der Waals surface area contributed by atoms with Gasteiger partial charge in [0.05, 0.1) is 11.1 Å². The van der Waals surface area contributed by atoms with Crippen LogP contribution in [0.2, 0.25) is 0 Å². The lowest BCUT2D eigenvalue weighted by Crippen LogP contribution is -2.16. The van der Waals surface area contributed by atoms with Crippen molar-refractivity contribution in [2.45, 2.75) is 23.5 Å². The van der Waals surface area contributed by atoms with E-state index in [0.29, 0.717) is 17.5 Å². The third-order valence-corrected chi connectivity index (χ3v) is 2.91. The lowest BCUT2D eigenvalue weighted by Gasteiger charge is -1.99. The highest BCUT2D eigenvalue weighted by molar-refractivity contribution is 7.99. The largest absolute Gasteiger partial charge is 0.383 e. The van der Waals surface area contributed by atoms with Gasteiger partial charge in [-0.05, 0) is 18.7 Å². The van der Waals surface area contributed by atoms with Crippen LogP contribution in [0.4, 0.5) is 5.82 Å². The molecule has 0 aliphatic rings. The van der Waals surface area contributed by atoms with Crippen molar-refractivity contribution in [2.24, 2.45) is 0 Å². The van der Waals surface area contributed by atoms with Gasteiger partial charge in [0.25, 0.3) is 0 Å². The average molecular weight is 226 g/mol. The van der Waals surface area contributed by atoms with E-state index in [4.69, 9.17) is 5.73 Å². The lowest BCUT2D eigenvalue weighted by molar-refractivity contribution is 0.660. The van der Waals surface area contributed by atoms with Crippen molar-refractivity contribution in [2.75, 3.05) is 5.73 Å². The maximum absolute atomic E-state index is 11.3. The van der Waals surface area contributed by atoms with Gasteiger partial charge in [-0.3, -0.25) is 9.67 Å². The van der Waals surface area contributed by atoms with Crippen molar-refractivity contribution in [3.63, 3.8) is 0 Å². The van der Waals surface area contributed by atoms with Crippen molar-refractivity contribution >= 4 is 17.6 Å². The lowest BCUT2D eigenvalue weighted by atomic mass is 10.7. The molecule has 0 spiro atoms. The summed E-state index contributed by atoms with van der Waals surface area (Å²) in [5.74, 6) is 0.470. The summed E-state index contributed by atoms with van der Waals surface area (Å²) in [6, 6.07) is 0. The second-order valence-electron chi connectivity index (χ2n) is 2.81. The van der Waals surface area contributed by atoms with Gasteiger partial charge in [0, 0.05) is 6.54 Å². The van der Waals surface area contributed by atoms with Crippen LogP contribution in [0.15, 0.2) is 21.0 Å². The molecule has 0 unspecified atom stereocenters. The fourth-order valence-electron chi connectivity index (χ4n) is 1.12. The van der Waals surface area contributed by atoms with Gasteiger partial charge in [0.1, 0.15) is 5.82 Å². The van der Waals surface area contributed by atoms with Crippen molar-refractivity contribution in [3.8, 4) is 0 Å². The smallest absolute Gasteiger partial charge is 0.343 e. The molecule has 7 nitrogen and oxygen atoms in total. The zero-order chi connectivity index (χ0) is 10.8. The van der Waals surface area contributed by atoms with Crippen LogP contribution in [-0.4, -0.2) is 25.0 Å². The van der Waals surface area contributed by atoms with E-state index in [9.17, 15) is 4.79 Å². The summed E-state index contributed by atoms with van der Waals surface area (Å²) >= 11 is 1.29. The molecule has 2 aromatic rings. The Morgan fingerprint density at radius 1 is 1.60 bits per heavy atom. The Hall–Kier alpha value is -1.70. The number of hydrogen-bond acceptors (Lipinski definition) is 5. The summed E-state index contributed by atoms with van der Waals surface area (Å²) in [7, 11) is 0. The molecule has 0 radical (unpaired) electrons. The molecule has 0 aliphatic carbocycles. The van der Waals surface area contributed by atoms with E-state index < -0.39 is 0 Å². The number of aromatic nitrogens is 5. The van der Waals surface area contributed by atoms with Gasteiger partial charge >= 0.3 is 5.69 Å². The minimum Gasteiger partial charge on any atom is -0.383 e. The van der Waals surface area contributed by atoms with Gasteiger partial charge in [-0.15, -0.1) is 5.10 Å². The second kappa shape index (κ2) is 3.81. The first-order chi connectivity index (χ1) is 7.22. The van der Waals surface area contributed by atoms with E-state index in [1.165, 1.54) is 16.3 Å². The number of anilines is 1. The number of nitrogen functional groups attached to an aromatic ring is 1. The van der Waals surface area contributed by atoms with E-state index in [1.54, 1.807) is 6.20 Å². The first kappa shape index (κ1) is 9.84. The summed E-state index contributed by atoms with van der Waals surface area (Å²) in [5.41, 5.74) is 5.40. The topological polar surface area (TPSA) is 105 Å². The van der Waals surface area contributed by atoms with Crippen LogP contribution in [0.1, 0.15) is 6.92 Å². The molecular weight excluding hydrogens is 216 g/mol. The Bertz CT molecular complexity index is 512.